The highest BCUT2D eigenvalue weighted by Gasteiger charge is 2.04. The summed E-state index contributed by atoms with van der Waals surface area (Å²) in [5, 5.41) is 0. The van der Waals surface area contributed by atoms with Crippen molar-refractivity contribution >= 4 is 17.6 Å². The molecule has 0 amide bonds. The highest BCUT2D eigenvalue weighted by Crippen LogP contribution is 2.22. The summed E-state index contributed by atoms with van der Waals surface area (Å²) in [7, 11) is 0. The fourth-order valence-corrected chi connectivity index (χ4v) is 1.87. The zero-order chi connectivity index (χ0) is 13.5. The van der Waals surface area contributed by atoms with E-state index < -0.39 is 0 Å². The molecule has 0 radical (unpaired) electrons. The van der Waals surface area contributed by atoms with Crippen LogP contribution in [0.25, 0.3) is 11.1 Å². The standard InChI is InChI=1S/C16H15ClO2/c17-12-4-7-16(18)19-15-10-8-14(9-11-15)13-5-2-1-3-6-13/h1-3,5-6,8-11H,4,7,12H2. The van der Waals surface area contributed by atoms with Gasteiger partial charge in [0.2, 0.25) is 0 Å². The highest BCUT2D eigenvalue weighted by atomic mass is 35.5. The van der Waals surface area contributed by atoms with E-state index in [0.717, 1.165) is 11.1 Å². The predicted molar refractivity (Wildman–Crippen MR) is 77.5 cm³/mol. The van der Waals surface area contributed by atoms with Crippen molar-refractivity contribution in [2.75, 3.05) is 5.88 Å². The van der Waals surface area contributed by atoms with Crippen LogP contribution in [-0.2, 0) is 4.79 Å². The van der Waals surface area contributed by atoms with Crippen LogP contribution in [0.2, 0.25) is 0 Å². The van der Waals surface area contributed by atoms with Gasteiger partial charge in [0.15, 0.2) is 0 Å². The number of benzene rings is 2. The van der Waals surface area contributed by atoms with Gasteiger partial charge in [-0.05, 0) is 29.7 Å². The van der Waals surface area contributed by atoms with Crippen molar-refractivity contribution < 1.29 is 9.53 Å². The van der Waals surface area contributed by atoms with Gasteiger partial charge in [-0.3, -0.25) is 4.79 Å². The molecule has 2 aromatic rings. The van der Waals surface area contributed by atoms with Gasteiger partial charge < -0.3 is 4.74 Å². The second kappa shape index (κ2) is 6.95. The highest BCUT2D eigenvalue weighted by molar-refractivity contribution is 6.17. The smallest absolute Gasteiger partial charge is 0.311 e. The Bertz CT molecular complexity index is 520. The van der Waals surface area contributed by atoms with Crippen LogP contribution in [0.15, 0.2) is 54.6 Å². The Hall–Kier alpha value is -1.80. The van der Waals surface area contributed by atoms with Gasteiger partial charge in [0.05, 0.1) is 0 Å². The summed E-state index contributed by atoms with van der Waals surface area (Å²) in [4.78, 5) is 11.4. The van der Waals surface area contributed by atoms with Crippen LogP contribution in [0, 0.1) is 0 Å². The Kier molecular flexibility index (Phi) is 4.99. The van der Waals surface area contributed by atoms with E-state index in [2.05, 4.69) is 0 Å². The summed E-state index contributed by atoms with van der Waals surface area (Å²) in [5.74, 6) is 0.801. The molecule has 0 spiro atoms. The van der Waals surface area contributed by atoms with Crippen LogP contribution in [0.5, 0.6) is 5.75 Å². The number of hydrogen-bond acceptors (Lipinski definition) is 2. The van der Waals surface area contributed by atoms with Crippen molar-refractivity contribution in [3.05, 3.63) is 54.6 Å². The van der Waals surface area contributed by atoms with Crippen molar-refractivity contribution in [2.45, 2.75) is 12.8 Å². The molecular weight excluding hydrogens is 260 g/mol. The maximum Gasteiger partial charge on any atom is 0.311 e. The molecule has 0 bridgehead atoms. The molecule has 19 heavy (non-hydrogen) atoms. The average molecular weight is 275 g/mol. The summed E-state index contributed by atoms with van der Waals surface area (Å²) in [6.07, 6.45) is 0.992. The minimum Gasteiger partial charge on any atom is -0.427 e. The van der Waals surface area contributed by atoms with E-state index in [1.54, 1.807) is 12.1 Å². The molecule has 0 saturated heterocycles. The second-order valence-corrected chi connectivity index (χ2v) is 4.53. The van der Waals surface area contributed by atoms with E-state index in [1.165, 1.54) is 0 Å². The Morgan fingerprint density at radius 1 is 0.947 bits per heavy atom. The first-order valence-corrected chi connectivity index (χ1v) is 6.75. The molecule has 0 atom stereocenters. The summed E-state index contributed by atoms with van der Waals surface area (Å²) in [6.45, 7) is 0. The summed E-state index contributed by atoms with van der Waals surface area (Å²) >= 11 is 5.53. The molecule has 0 saturated carbocycles. The first-order valence-electron chi connectivity index (χ1n) is 6.22. The molecule has 98 valence electrons. The fourth-order valence-electron chi connectivity index (χ4n) is 1.74. The molecule has 2 nitrogen and oxygen atoms in total. The number of carbonyl (C=O) groups is 1. The molecule has 2 aromatic carbocycles. The lowest BCUT2D eigenvalue weighted by molar-refractivity contribution is -0.134. The lowest BCUT2D eigenvalue weighted by atomic mass is 10.1. The van der Waals surface area contributed by atoms with Gasteiger partial charge in [0.1, 0.15) is 5.75 Å². The molecule has 0 aliphatic heterocycles. The lowest BCUT2D eigenvalue weighted by Gasteiger charge is -2.05. The third-order valence-electron chi connectivity index (χ3n) is 2.71. The van der Waals surface area contributed by atoms with Crippen LogP contribution in [0.3, 0.4) is 0 Å². The molecule has 0 fully saturated rings. The third-order valence-corrected chi connectivity index (χ3v) is 2.97. The number of esters is 1. The van der Waals surface area contributed by atoms with Crippen LogP contribution in [0.4, 0.5) is 0 Å². The second-order valence-electron chi connectivity index (χ2n) is 4.16. The number of rotatable bonds is 5. The van der Waals surface area contributed by atoms with Crippen molar-refractivity contribution in [1.82, 2.24) is 0 Å². The molecule has 0 N–H and O–H groups in total. The zero-order valence-electron chi connectivity index (χ0n) is 10.5. The summed E-state index contributed by atoms with van der Waals surface area (Å²) in [6, 6.07) is 17.6. The Balaban J connectivity index is 2.01. The van der Waals surface area contributed by atoms with Crippen LogP contribution in [-0.4, -0.2) is 11.8 Å². The van der Waals surface area contributed by atoms with E-state index in [9.17, 15) is 4.79 Å². The van der Waals surface area contributed by atoms with Gasteiger partial charge in [0.25, 0.3) is 0 Å². The number of alkyl halides is 1. The molecule has 3 heteroatoms. The summed E-state index contributed by atoms with van der Waals surface area (Å²) in [5.41, 5.74) is 2.24. The van der Waals surface area contributed by atoms with Gasteiger partial charge in [-0.15, -0.1) is 11.6 Å². The molecule has 2 rings (SSSR count). The Morgan fingerprint density at radius 3 is 2.21 bits per heavy atom. The van der Waals surface area contributed by atoms with Gasteiger partial charge in [-0.1, -0.05) is 42.5 Å². The predicted octanol–water partition coefficient (Wildman–Crippen LogP) is 4.28. The average Bonchev–Trinajstić information content (AvgIpc) is 2.47. The van der Waals surface area contributed by atoms with Gasteiger partial charge >= 0.3 is 5.97 Å². The van der Waals surface area contributed by atoms with Gasteiger partial charge in [-0.2, -0.15) is 0 Å². The minimum atomic E-state index is -0.242. The molecule has 0 unspecified atom stereocenters. The first kappa shape index (κ1) is 13.6. The normalized spacial score (nSPS) is 10.2. The van der Waals surface area contributed by atoms with Crippen molar-refractivity contribution in [3.8, 4) is 16.9 Å². The van der Waals surface area contributed by atoms with Crippen LogP contribution < -0.4 is 4.74 Å². The maximum atomic E-state index is 11.4. The third kappa shape index (κ3) is 4.11. The number of carbonyl (C=O) groups excluding carboxylic acids is 1. The Labute approximate surface area is 118 Å². The van der Waals surface area contributed by atoms with Gasteiger partial charge in [0, 0.05) is 12.3 Å². The molecule has 0 heterocycles. The van der Waals surface area contributed by atoms with E-state index in [-0.39, 0.29) is 5.97 Å². The van der Waals surface area contributed by atoms with Crippen LogP contribution >= 0.6 is 11.6 Å². The van der Waals surface area contributed by atoms with Crippen LogP contribution in [0.1, 0.15) is 12.8 Å². The fraction of sp³-hybridized carbons (Fsp3) is 0.188. The number of hydrogen-bond donors (Lipinski definition) is 0. The van der Waals surface area contributed by atoms with E-state index in [1.807, 2.05) is 42.5 Å². The number of ether oxygens (including phenoxy) is 1. The minimum absolute atomic E-state index is 0.242. The van der Waals surface area contributed by atoms with Crippen molar-refractivity contribution in [3.63, 3.8) is 0 Å². The zero-order valence-corrected chi connectivity index (χ0v) is 11.3. The van der Waals surface area contributed by atoms with E-state index in [0.29, 0.717) is 24.5 Å². The quantitative estimate of drug-likeness (QED) is 0.462. The molecule has 0 aliphatic carbocycles. The monoisotopic (exact) mass is 274 g/mol. The van der Waals surface area contributed by atoms with Gasteiger partial charge in [-0.25, -0.2) is 0 Å². The number of halogens is 1. The molecule has 0 aromatic heterocycles. The topological polar surface area (TPSA) is 26.3 Å². The molecule has 0 aliphatic rings. The lowest BCUT2D eigenvalue weighted by Crippen LogP contribution is -2.07. The largest absolute Gasteiger partial charge is 0.427 e. The Morgan fingerprint density at radius 2 is 1.58 bits per heavy atom. The first-order chi connectivity index (χ1) is 9.29. The van der Waals surface area contributed by atoms with Crippen molar-refractivity contribution in [2.24, 2.45) is 0 Å². The maximum absolute atomic E-state index is 11.4. The summed E-state index contributed by atoms with van der Waals surface area (Å²) < 4.78 is 5.21. The molecular formula is C16H15ClO2. The van der Waals surface area contributed by atoms with E-state index in [4.69, 9.17) is 16.3 Å². The van der Waals surface area contributed by atoms with Crippen molar-refractivity contribution in [1.29, 1.82) is 0 Å². The SMILES string of the molecule is O=C(CCCCl)Oc1ccc(-c2ccccc2)cc1. The van der Waals surface area contributed by atoms with E-state index >= 15 is 0 Å².